The summed E-state index contributed by atoms with van der Waals surface area (Å²) >= 11 is 5.96. The van der Waals surface area contributed by atoms with Crippen molar-refractivity contribution in [2.75, 3.05) is 12.8 Å². The predicted octanol–water partition coefficient (Wildman–Crippen LogP) is 3.11. The molecule has 0 aliphatic carbocycles. The number of halogens is 1. The first-order valence-electron chi connectivity index (χ1n) is 7.77. The van der Waals surface area contributed by atoms with Crippen LogP contribution < -0.4 is 15.0 Å². The van der Waals surface area contributed by atoms with E-state index >= 15 is 0 Å². The molecule has 6 heteroatoms. The third-order valence-electron chi connectivity index (χ3n) is 4.12. The molecule has 0 aliphatic heterocycles. The number of nitrogens with two attached hydrogens (primary N) is 1. The largest absolute Gasteiger partial charge is 0.497 e. The fourth-order valence-corrected chi connectivity index (χ4v) is 2.87. The number of carbonyl (C=O) groups is 1. The smallest absolute Gasteiger partial charge is 0.355 e. The van der Waals surface area contributed by atoms with E-state index in [2.05, 4.69) is 0 Å². The number of benzene rings is 2. The van der Waals surface area contributed by atoms with E-state index in [1.54, 1.807) is 35.9 Å². The monoisotopic (exact) mass is 356 g/mol. The second-order valence-electron chi connectivity index (χ2n) is 5.72. The van der Waals surface area contributed by atoms with Crippen LogP contribution >= 0.6 is 11.6 Å². The van der Waals surface area contributed by atoms with Crippen LogP contribution in [0, 0.1) is 0 Å². The molecule has 0 aliphatic rings. The van der Waals surface area contributed by atoms with E-state index in [0.29, 0.717) is 16.5 Å². The molecule has 2 N–H and O–H groups in total. The van der Waals surface area contributed by atoms with E-state index in [1.165, 1.54) is 0 Å². The van der Waals surface area contributed by atoms with Crippen LogP contribution in [0.5, 0.6) is 5.75 Å². The maximum Gasteiger partial charge on any atom is 0.355 e. The Morgan fingerprint density at radius 3 is 2.60 bits per heavy atom. The maximum atomic E-state index is 12.5. The molecule has 0 atom stereocenters. The van der Waals surface area contributed by atoms with E-state index in [1.807, 2.05) is 42.1 Å². The molecular weight excluding hydrogens is 338 g/mol. The van der Waals surface area contributed by atoms with Gasteiger partial charge in [-0.05, 0) is 36.4 Å². The van der Waals surface area contributed by atoms with Crippen molar-refractivity contribution < 1.29 is 14.1 Å². The first kappa shape index (κ1) is 17.0. The lowest BCUT2D eigenvalue weighted by molar-refractivity contribution is -0.667. The zero-order valence-corrected chi connectivity index (χ0v) is 14.8. The van der Waals surface area contributed by atoms with Gasteiger partial charge in [0.15, 0.2) is 5.78 Å². The minimum Gasteiger partial charge on any atom is -0.497 e. The van der Waals surface area contributed by atoms with Crippen molar-refractivity contribution >= 4 is 23.3 Å². The second kappa shape index (κ2) is 6.99. The van der Waals surface area contributed by atoms with Gasteiger partial charge in [-0.3, -0.25) is 10.5 Å². The van der Waals surface area contributed by atoms with E-state index in [-0.39, 0.29) is 12.3 Å². The number of hydrogen-bond acceptors (Lipinski definition) is 3. The molecule has 3 aromatic rings. The van der Waals surface area contributed by atoms with E-state index in [9.17, 15) is 4.79 Å². The van der Waals surface area contributed by atoms with Crippen LogP contribution in [-0.2, 0) is 13.6 Å². The minimum atomic E-state index is -0.0499. The Kier molecular flexibility index (Phi) is 4.76. The zero-order valence-electron chi connectivity index (χ0n) is 14.1. The fourth-order valence-electron chi connectivity index (χ4n) is 2.68. The van der Waals surface area contributed by atoms with Crippen LogP contribution in [0.25, 0.3) is 11.3 Å². The number of methoxy groups -OCH3 is 1. The Hall–Kier alpha value is -2.79. The molecule has 1 aromatic heterocycles. The molecule has 0 unspecified atom stereocenters. The maximum absolute atomic E-state index is 12.5. The van der Waals surface area contributed by atoms with Crippen molar-refractivity contribution in [3.63, 3.8) is 0 Å². The van der Waals surface area contributed by atoms with Crippen LogP contribution in [0.3, 0.4) is 0 Å². The van der Waals surface area contributed by atoms with Gasteiger partial charge in [-0.25, -0.2) is 9.13 Å². The minimum absolute atomic E-state index is 0.0499. The van der Waals surface area contributed by atoms with Crippen LogP contribution in [-0.4, -0.2) is 17.5 Å². The molecule has 0 radical (unpaired) electrons. The van der Waals surface area contributed by atoms with Gasteiger partial charge in [0.2, 0.25) is 0 Å². The summed E-state index contributed by atoms with van der Waals surface area (Å²) in [5.74, 6) is 1.24. The highest BCUT2D eigenvalue weighted by Gasteiger charge is 2.20. The lowest BCUT2D eigenvalue weighted by Gasteiger charge is -2.01. The number of Topliss-reactive ketones (excluding diaryl/α,β-unsaturated/α-hetero) is 1. The summed E-state index contributed by atoms with van der Waals surface area (Å²) in [7, 11) is 3.50. The number of nitrogens with zero attached hydrogens (tertiary/aromatic N) is 2. The molecule has 0 amide bonds. The average Bonchev–Trinajstić information content (AvgIpc) is 2.90. The predicted molar refractivity (Wildman–Crippen MR) is 97.8 cm³/mol. The normalized spacial score (nSPS) is 10.7. The first-order chi connectivity index (χ1) is 12.0. The number of nitrogen functional groups attached to an aromatic ring is 1. The van der Waals surface area contributed by atoms with Crippen LogP contribution in [0.4, 0.5) is 5.95 Å². The first-order valence-corrected chi connectivity index (χ1v) is 8.15. The van der Waals surface area contributed by atoms with Crippen molar-refractivity contribution in [1.29, 1.82) is 0 Å². The lowest BCUT2D eigenvalue weighted by Crippen LogP contribution is -2.39. The summed E-state index contributed by atoms with van der Waals surface area (Å²) in [5.41, 5.74) is 8.65. The molecule has 5 nitrogen and oxygen atoms in total. The molecule has 3 rings (SSSR count). The van der Waals surface area contributed by atoms with Crippen molar-refractivity contribution in [2.24, 2.45) is 7.05 Å². The van der Waals surface area contributed by atoms with Crippen molar-refractivity contribution in [3.8, 4) is 17.0 Å². The van der Waals surface area contributed by atoms with Crippen LogP contribution in [0.2, 0.25) is 5.02 Å². The number of hydrogen-bond donors (Lipinski definition) is 1. The molecule has 0 fully saturated rings. The number of rotatable bonds is 5. The number of ether oxygens (including phenoxy) is 1. The van der Waals surface area contributed by atoms with Gasteiger partial charge in [0.1, 0.15) is 24.2 Å². The van der Waals surface area contributed by atoms with Gasteiger partial charge in [-0.1, -0.05) is 23.7 Å². The summed E-state index contributed by atoms with van der Waals surface area (Å²) in [5, 5.41) is 0.538. The molecule has 0 spiro atoms. The van der Waals surface area contributed by atoms with E-state index in [0.717, 1.165) is 17.0 Å². The summed E-state index contributed by atoms with van der Waals surface area (Å²) in [4.78, 5) is 12.5. The van der Waals surface area contributed by atoms with Crippen molar-refractivity contribution in [1.82, 2.24) is 4.57 Å². The topological polar surface area (TPSA) is 61.1 Å². The number of imidazole rings is 1. The van der Waals surface area contributed by atoms with Crippen LogP contribution in [0.1, 0.15) is 10.4 Å². The van der Waals surface area contributed by atoms with Gasteiger partial charge in [0, 0.05) is 16.1 Å². The summed E-state index contributed by atoms with van der Waals surface area (Å²) in [6.45, 7) is 0.149. The van der Waals surface area contributed by atoms with Gasteiger partial charge in [-0.2, -0.15) is 0 Å². The SMILES string of the molecule is COc1ccc(-c2c[n+](CC(=O)c3cccc(Cl)c3)c(N)n2C)cc1. The number of anilines is 1. The third-order valence-corrected chi connectivity index (χ3v) is 4.36. The Balaban J connectivity index is 1.89. The third kappa shape index (κ3) is 3.51. The average molecular weight is 357 g/mol. The summed E-state index contributed by atoms with van der Waals surface area (Å²) in [6, 6.07) is 14.6. The zero-order chi connectivity index (χ0) is 18.0. The summed E-state index contributed by atoms with van der Waals surface area (Å²) in [6.07, 6.45) is 1.87. The van der Waals surface area contributed by atoms with E-state index in [4.69, 9.17) is 22.1 Å². The van der Waals surface area contributed by atoms with Gasteiger partial charge < -0.3 is 4.74 Å². The van der Waals surface area contributed by atoms with Gasteiger partial charge in [0.25, 0.3) is 0 Å². The Labute approximate surface area is 151 Å². The Morgan fingerprint density at radius 2 is 1.96 bits per heavy atom. The number of carbonyl (C=O) groups excluding carboxylic acids is 1. The molecule has 25 heavy (non-hydrogen) atoms. The highest BCUT2D eigenvalue weighted by molar-refractivity contribution is 6.30. The van der Waals surface area contributed by atoms with Gasteiger partial charge in [-0.15, -0.1) is 0 Å². The van der Waals surface area contributed by atoms with Crippen molar-refractivity contribution in [2.45, 2.75) is 6.54 Å². The highest BCUT2D eigenvalue weighted by Crippen LogP contribution is 2.23. The van der Waals surface area contributed by atoms with Crippen LogP contribution in [0.15, 0.2) is 54.7 Å². The van der Waals surface area contributed by atoms with Crippen molar-refractivity contribution in [3.05, 3.63) is 65.3 Å². The molecule has 0 saturated carbocycles. The second-order valence-corrected chi connectivity index (χ2v) is 6.16. The highest BCUT2D eigenvalue weighted by atomic mass is 35.5. The molecule has 2 aromatic carbocycles. The molecular formula is C19H19ClN3O2+. The van der Waals surface area contributed by atoms with Gasteiger partial charge >= 0.3 is 5.95 Å². The molecule has 128 valence electrons. The summed E-state index contributed by atoms with van der Waals surface area (Å²) < 4.78 is 8.78. The molecule has 0 bridgehead atoms. The Morgan fingerprint density at radius 1 is 1.24 bits per heavy atom. The standard InChI is InChI=1S/C19H18ClN3O2/c1-22-17(13-6-8-16(25-2)9-7-13)11-23(19(22)21)12-18(24)14-4-3-5-15(20)10-14/h3-11,21H,12H2,1-2H3/p+1. The number of aromatic nitrogens is 2. The fraction of sp³-hybridized carbons (Fsp3) is 0.158. The lowest BCUT2D eigenvalue weighted by atomic mass is 10.1. The number of ketones is 1. The molecule has 1 heterocycles. The van der Waals surface area contributed by atoms with Gasteiger partial charge in [0.05, 0.1) is 14.2 Å². The molecule has 0 saturated heterocycles. The quantitative estimate of drug-likeness (QED) is 0.564. The Bertz CT molecular complexity index is 917. The van der Waals surface area contributed by atoms with E-state index < -0.39 is 0 Å².